The van der Waals surface area contributed by atoms with Gasteiger partial charge in [-0.2, -0.15) is 4.98 Å². The maximum Gasteiger partial charge on any atom is 0.255 e. The molecule has 0 N–H and O–H groups in total. The zero-order valence-corrected chi connectivity index (χ0v) is 17.9. The van der Waals surface area contributed by atoms with Gasteiger partial charge in [0.25, 0.3) is 5.56 Å². The van der Waals surface area contributed by atoms with Crippen molar-refractivity contribution in [3.63, 3.8) is 0 Å². The topological polar surface area (TPSA) is 67.2 Å². The number of fused-ring (bicyclic) bond motifs is 1. The molecule has 0 bridgehead atoms. The lowest BCUT2D eigenvalue weighted by atomic mass is 10.1. The number of aromatic nitrogens is 4. The Balaban J connectivity index is 1.57. The fraction of sp³-hybridized carbons (Fsp3) is 0.200. The Kier molecular flexibility index (Phi) is 5.37. The minimum Gasteiger partial charge on any atom is -0.311 e. The molecule has 0 unspecified atom stereocenters. The van der Waals surface area contributed by atoms with Gasteiger partial charge in [0, 0.05) is 43.1 Å². The molecule has 0 saturated heterocycles. The van der Waals surface area contributed by atoms with E-state index < -0.39 is 0 Å². The van der Waals surface area contributed by atoms with E-state index in [1.54, 1.807) is 16.8 Å². The van der Waals surface area contributed by atoms with Crippen molar-refractivity contribution in [2.45, 2.75) is 19.9 Å². The molecule has 2 aromatic carbocycles. The van der Waals surface area contributed by atoms with Crippen molar-refractivity contribution in [3.8, 4) is 11.3 Å². The normalized spacial score (nSPS) is 13.0. The van der Waals surface area contributed by atoms with Crippen LogP contribution in [0.15, 0.2) is 83.8 Å². The van der Waals surface area contributed by atoms with Crippen LogP contribution < -0.4 is 15.4 Å². The summed E-state index contributed by atoms with van der Waals surface area (Å²) in [5.41, 5.74) is 2.57. The van der Waals surface area contributed by atoms with Gasteiger partial charge < -0.3 is 4.90 Å². The van der Waals surface area contributed by atoms with E-state index >= 15 is 0 Å². The molecule has 4 aromatic rings. The SMILES string of the molecule is CCN(c1ccccc1)c1nccc(N2CCCn3c2nc(-c2ccccc2)cc3=O)n1. The fourth-order valence-electron chi connectivity index (χ4n) is 4.04. The number of hydrogen-bond donors (Lipinski definition) is 0. The van der Waals surface area contributed by atoms with Gasteiger partial charge in [-0.05, 0) is 31.5 Å². The average molecular weight is 425 g/mol. The molecule has 1 aliphatic rings. The van der Waals surface area contributed by atoms with E-state index in [9.17, 15) is 4.79 Å². The number of hydrogen-bond acceptors (Lipinski definition) is 6. The van der Waals surface area contributed by atoms with Crippen molar-refractivity contribution in [3.05, 3.63) is 89.3 Å². The van der Waals surface area contributed by atoms with E-state index in [0.29, 0.717) is 24.1 Å². The minimum absolute atomic E-state index is 0.0488. The van der Waals surface area contributed by atoms with Crippen molar-refractivity contribution in [2.24, 2.45) is 0 Å². The predicted molar refractivity (Wildman–Crippen MR) is 127 cm³/mol. The maximum atomic E-state index is 12.9. The largest absolute Gasteiger partial charge is 0.311 e. The third-order valence-electron chi connectivity index (χ3n) is 5.59. The van der Waals surface area contributed by atoms with Gasteiger partial charge in [-0.25, -0.2) is 9.97 Å². The average Bonchev–Trinajstić information content (AvgIpc) is 2.85. The third-order valence-corrected chi connectivity index (χ3v) is 5.59. The van der Waals surface area contributed by atoms with Crippen LogP contribution in [0.5, 0.6) is 0 Å². The van der Waals surface area contributed by atoms with E-state index in [0.717, 1.165) is 36.6 Å². The minimum atomic E-state index is -0.0488. The van der Waals surface area contributed by atoms with E-state index in [1.807, 2.05) is 71.6 Å². The van der Waals surface area contributed by atoms with Crippen LogP contribution in [0.3, 0.4) is 0 Å². The first-order valence-corrected chi connectivity index (χ1v) is 10.8. The van der Waals surface area contributed by atoms with Crippen LogP contribution in [0.25, 0.3) is 11.3 Å². The van der Waals surface area contributed by atoms with Gasteiger partial charge in [-0.1, -0.05) is 48.5 Å². The molecule has 160 valence electrons. The molecule has 3 heterocycles. The first-order chi connectivity index (χ1) is 15.7. The molecular weight excluding hydrogens is 400 g/mol. The number of benzene rings is 2. The van der Waals surface area contributed by atoms with E-state index in [4.69, 9.17) is 9.97 Å². The standard InChI is InChI=1S/C25H24N6O/c1-2-29(20-12-7-4-8-13-20)24-26-15-14-22(28-24)30-16-9-17-31-23(32)18-21(27-25(30)31)19-10-5-3-6-11-19/h3-8,10-15,18H,2,9,16-17H2,1H3. The summed E-state index contributed by atoms with van der Waals surface area (Å²) in [5, 5.41) is 0. The van der Waals surface area contributed by atoms with Crippen molar-refractivity contribution < 1.29 is 0 Å². The molecule has 0 radical (unpaired) electrons. The van der Waals surface area contributed by atoms with Crippen molar-refractivity contribution in [2.75, 3.05) is 22.9 Å². The van der Waals surface area contributed by atoms with Crippen LogP contribution in [0.1, 0.15) is 13.3 Å². The summed E-state index contributed by atoms with van der Waals surface area (Å²) >= 11 is 0. The summed E-state index contributed by atoms with van der Waals surface area (Å²) in [4.78, 5) is 31.2. The van der Waals surface area contributed by atoms with E-state index in [1.165, 1.54) is 0 Å². The number of para-hydroxylation sites is 1. The Morgan fingerprint density at radius 2 is 1.69 bits per heavy atom. The van der Waals surface area contributed by atoms with Crippen LogP contribution in [0.2, 0.25) is 0 Å². The first kappa shape index (κ1) is 19.9. The Labute approximate surface area is 186 Å². The second-order valence-electron chi connectivity index (χ2n) is 7.60. The van der Waals surface area contributed by atoms with Crippen molar-refractivity contribution in [1.82, 2.24) is 19.5 Å². The van der Waals surface area contributed by atoms with Gasteiger partial charge in [-0.15, -0.1) is 0 Å². The highest BCUT2D eigenvalue weighted by Crippen LogP contribution is 2.29. The molecule has 0 spiro atoms. The van der Waals surface area contributed by atoms with Crippen LogP contribution in [-0.2, 0) is 6.54 Å². The van der Waals surface area contributed by atoms with Crippen LogP contribution in [0.4, 0.5) is 23.4 Å². The summed E-state index contributed by atoms with van der Waals surface area (Å²) in [5.74, 6) is 1.97. The van der Waals surface area contributed by atoms with Crippen LogP contribution in [-0.4, -0.2) is 32.6 Å². The molecule has 7 nitrogen and oxygen atoms in total. The number of nitrogens with zero attached hydrogens (tertiary/aromatic N) is 6. The highest BCUT2D eigenvalue weighted by molar-refractivity contribution is 5.64. The zero-order chi connectivity index (χ0) is 21.9. The molecule has 0 amide bonds. The maximum absolute atomic E-state index is 12.9. The van der Waals surface area contributed by atoms with Crippen LogP contribution >= 0.6 is 0 Å². The summed E-state index contributed by atoms with van der Waals surface area (Å²) in [6.07, 6.45) is 2.61. The smallest absolute Gasteiger partial charge is 0.255 e. The Morgan fingerprint density at radius 1 is 0.938 bits per heavy atom. The first-order valence-electron chi connectivity index (χ1n) is 10.8. The summed E-state index contributed by atoms with van der Waals surface area (Å²) in [6, 6.07) is 23.4. The van der Waals surface area contributed by atoms with Gasteiger partial charge in [-0.3, -0.25) is 14.3 Å². The lowest BCUT2D eigenvalue weighted by Crippen LogP contribution is -2.36. The molecular formula is C25H24N6O. The van der Waals surface area contributed by atoms with Gasteiger partial charge in [0.1, 0.15) is 5.82 Å². The van der Waals surface area contributed by atoms with E-state index in [2.05, 4.69) is 16.8 Å². The number of rotatable bonds is 5. The van der Waals surface area contributed by atoms with Crippen molar-refractivity contribution >= 4 is 23.4 Å². The highest BCUT2D eigenvalue weighted by atomic mass is 16.1. The summed E-state index contributed by atoms with van der Waals surface area (Å²) < 4.78 is 1.73. The van der Waals surface area contributed by atoms with Crippen molar-refractivity contribution in [1.29, 1.82) is 0 Å². The van der Waals surface area contributed by atoms with E-state index in [-0.39, 0.29) is 5.56 Å². The second kappa shape index (κ2) is 8.63. The van der Waals surface area contributed by atoms with Gasteiger partial charge in [0.2, 0.25) is 11.9 Å². The third kappa shape index (κ3) is 3.73. The monoisotopic (exact) mass is 424 g/mol. The molecule has 0 saturated carbocycles. The fourth-order valence-corrected chi connectivity index (χ4v) is 4.04. The summed E-state index contributed by atoms with van der Waals surface area (Å²) in [7, 11) is 0. The Morgan fingerprint density at radius 3 is 2.44 bits per heavy atom. The molecule has 32 heavy (non-hydrogen) atoms. The molecule has 2 aromatic heterocycles. The quantitative estimate of drug-likeness (QED) is 0.473. The lowest BCUT2D eigenvalue weighted by Gasteiger charge is -2.31. The van der Waals surface area contributed by atoms with Gasteiger partial charge in [0.15, 0.2) is 0 Å². The van der Waals surface area contributed by atoms with Crippen LogP contribution in [0, 0.1) is 0 Å². The lowest BCUT2D eigenvalue weighted by molar-refractivity contribution is 0.561. The Bertz CT molecular complexity index is 1270. The van der Waals surface area contributed by atoms with Gasteiger partial charge >= 0.3 is 0 Å². The molecule has 0 fully saturated rings. The zero-order valence-electron chi connectivity index (χ0n) is 17.9. The molecule has 0 atom stereocenters. The predicted octanol–water partition coefficient (Wildman–Crippen LogP) is 4.40. The summed E-state index contributed by atoms with van der Waals surface area (Å²) in [6.45, 7) is 4.20. The number of anilines is 4. The molecule has 0 aliphatic carbocycles. The highest BCUT2D eigenvalue weighted by Gasteiger charge is 2.24. The molecule has 1 aliphatic heterocycles. The second-order valence-corrected chi connectivity index (χ2v) is 7.60. The molecule has 5 rings (SSSR count). The molecule has 7 heteroatoms. The Hall–Kier alpha value is -4.00. The van der Waals surface area contributed by atoms with Gasteiger partial charge in [0.05, 0.1) is 5.69 Å².